The highest BCUT2D eigenvalue weighted by atomic mass is 16.5. The van der Waals surface area contributed by atoms with Crippen LogP contribution in [0.2, 0.25) is 0 Å². The second-order valence-electron chi connectivity index (χ2n) is 5.26. The largest absolute Gasteiger partial charge is 0.478 e. The zero-order valence-electron chi connectivity index (χ0n) is 11.9. The van der Waals surface area contributed by atoms with Gasteiger partial charge in [-0.2, -0.15) is 4.98 Å². The van der Waals surface area contributed by atoms with E-state index in [-0.39, 0.29) is 0 Å². The standard InChI is InChI=1S/C14H24N4O/c1-3-7-19-13-8-10(2)17-14(18-13)16-9-11-5-4-6-12(11)15/h8,11-12H,3-7,9,15H2,1-2H3,(H,16,17,18). The third kappa shape index (κ3) is 4.06. The third-order valence-electron chi connectivity index (χ3n) is 3.53. The van der Waals surface area contributed by atoms with Crippen LogP contribution in [0, 0.1) is 12.8 Å². The molecule has 5 heteroatoms. The highest BCUT2D eigenvalue weighted by Gasteiger charge is 2.23. The fraction of sp³-hybridized carbons (Fsp3) is 0.714. The van der Waals surface area contributed by atoms with E-state index in [4.69, 9.17) is 10.5 Å². The van der Waals surface area contributed by atoms with Crippen LogP contribution in [0.15, 0.2) is 6.07 Å². The zero-order valence-corrected chi connectivity index (χ0v) is 11.9. The Morgan fingerprint density at radius 3 is 2.95 bits per heavy atom. The molecule has 0 spiro atoms. The minimum Gasteiger partial charge on any atom is -0.478 e. The Morgan fingerprint density at radius 1 is 1.42 bits per heavy atom. The molecular formula is C14H24N4O. The molecule has 0 aliphatic heterocycles. The van der Waals surface area contributed by atoms with Crippen molar-refractivity contribution in [2.75, 3.05) is 18.5 Å². The van der Waals surface area contributed by atoms with E-state index in [9.17, 15) is 0 Å². The molecule has 1 aromatic heterocycles. The number of anilines is 1. The van der Waals surface area contributed by atoms with Crippen molar-refractivity contribution < 1.29 is 4.74 Å². The SMILES string of the molecule is CCCOc1cc(C)nc(NCC2CCCC2N)n1. The number of nitrogens with two attached hydrogens (primary N) is 1. The molecule has 3 N–H and O–H groups in total. The summed E-state index contributed by atoms with van der Waals surface area (Å²) in [5.41, 5.74) is 6.98. The molecule has 2 unspecified atom stereocenters. The summed E-state index contributed by atoms with van der Waals surface area (Å²) in [4.78, 5) is 8.76. The molecule has 0 radical (unpaired) electrons. The van der Waals surface area contributed by atoms with Gasteiger partial charge in [-0.1, -0.05) is 13.3 Å². The molecule has 1 fully saturated rings. The molecule has 1 aliphatic rings. The molecule has 1 heterocycles. The molecule has 5 nitrogen and oxygen atoms in total. The van der Waals surface area contributed by atoms with Crippen molar-refractivity contribution in [2.45, 2.75) is 45.6 Å². The Hall–Kier alpha value is -1.36. The fourth-order valence-corrected chi connectivity index (χ4v) is 2.44. The van der Waals surface area contributed by atoms with E-state index in [1.54, 1.807) is 0 Å². The molecule has 2 atom stereocenters. The van der Waals surface area contributed by atoms with E-state index < -0.39 is 0 Å². The van der Waals surface area contributed by atoms with Gasteiger partial charge in [-0.15, -0.1) is 0 Å². The first-order valence-corrected chi connectivity index (χ1v) is 7.17. The summed E-state index contributed by atoms with van der Waals surface area (Å²) < 4.78 is 5.55. The lowest BCUT2D eigenvalue weighted by Crippen LogP contribution is -2.30. The summed E-state index contributed by atoms with van der Waals surface area (Å²) in [5, 5.41) is 3.29. The van der Waals surface area contributed by atoms with E-state index in [1.807, 2.05) is 13.0 Å². The minimum absolute atomic E-state index is 0.313. The summed E-state index contributed by atoms with van der Waals surface area (Å²) >= 11 is 0. The van der Waals surface area contributed by atoms with E-state index in [1.165, 1.54) is 12.8 Å². The second-order valence-corrected chi connectivity index (χ2v) is 5.26. The molecule has 1 aliphatic carbocycles. The van der Waals surface area contributed by atoms with Crippen LogP contribution >= 0.6 is 0 Å². The van der Waals surface area contributed by atoms with Crippen molar-refractivity contribution in [1.29, 1.82) is 0 Å². The Bertz CT molecular complexity index is 410. The van der Waals surface area contributed by atoms with Crippen molar-refractivity contribution in [1.82, 2.24) is 9.97 Å². The zero-order chi connectivity index (χ0) is 13.7. The number of aryl methyl sites for hydroxylation is 1. The van der Waals surface area contributed by atoms with Crippen LogP contribution in [0.5, 0.6) is 5.88 Å². The number of ether oxygens (including phenoxy) is 1. The van der Waals surface area contributed by atoms with Crippen LogP contribution in [0.4, 0.5) is 5.95 Å². The predicted octanol–water partition coefficient (Wildman–Crippen LogP) is 2.11. The normalized spacial score (nSPS) is 22.5. The number of nitrogens with one attached hydrogen (secondary N) is 1. The monoisotopic (exact) mass is 264 g/mol. The first kappa shape index (κ1) is 14.1. The van der Waals surface area contributed by atoms with Crippen molar-refractivity contribution in [3.05, 3.63) is 11.8 Å². The molecule has 0 aromatic carbocycles. The molecule has 0 saturated heterocycles. The molecule has 106 valence electrons. The average molecular weight is 264 g/mol. The first-order chi connectivity index (χ1) is 9.19. The van der Waals surface area contributed by atoms with Gasteiger partial charge in [0.25, 0.3) is 0 Å². The summed E-state index contributed by atoms with van der Waals surface area (Å²) in [7, 11) is 0. The van der Waals surface area contributed by atoms with Gasteiger partial charge >= 0.3 is 0 Å². The maximum absolute atomic E-state index is 6.06. The van der Waals surface area contributed by atoms with Gasteiger partial charge in [-0.25, -0.2) is 4.98 Å². The molecule has 19 heavy (non-hydrogen) atoms. The van der Waals surface area contributed by atoms with Gasteiger partial charge in [-0.3, -0.25) is 0 Å². The highest BCUT2D eigenvalue weighted by Crippen LogP contribution is 2.24. The molecule has 1 saturated carbocycles. The summed E-state index contributed by atoms with van der Waals surface area (Å²) in [6.45, 7) is 5.56. The van der Waals surface area contributed by atoms with Crippen molar-refractivity contribution >= 4 is 5.95 Å². The maximum Gasteiger partial charge on any atom is 0.226 e. The third-order valence-corrected chi connectivity index (χ3v) is 3.53. The summed E-state index contributed by atoms with van der Waals surface area (Å²) in [5.74, 6) is 1.82. The Labute approximate surface area is 115 Å². The van der Waals surface area contributed by atoms with Crippen molar-refractivity contribution in [3.8, 4) is 5.88 Å². The lowest BCUT2D eigenvalue weighted by atomic mass is 10.1. The Balaban J connectivity index is 1.93. The van der Waals surface area contributed by atoms with Crippen LogP contribution in [-0.4, -0.2) is 29.2 Å². The van der Waals surface area contributed by atoms with Gasteiger partial charge in [0.15, 0.2) is 0 Å². The van der Waals surface area contributed by atoms with Gasteiger partial charge in [0.05, 0.1) is 6.61 Å². The highest BCUT2D eigenvalue weighted by molar-refractivity contribution is 5.30. The van der Waals surface area contributed by atoms with E-state index in [0.29, 0.717) is 30.4 Å². The van der Waals surface area contributed by atoms with E-state index in [0.717, 1.165) is 25.1 Å². The van der Waals surface area contributed by atoms with Gasteiger partial charge < -0.3 is 15.8 Å². The van der Waals surface area contributed by atoms with Crippen LogP contribution < -0.4 is 15.8 Å². The van der Waals surface area contributed by atoms with Gasteiger partial charge in [-0.05, 0) is 32.1 Å². The van der Waals surface area contributed by atoms with Crippen molar-refractivity contribution in [3.63, 3.8) is 0 Å². The molecular weight excluding hydrogens is 240 g/mol. The lowest BCUT2D eigenvalue weighted by Gasteiger charge is -2.16. The molecule has 0 bridgehead atoms. The minimum atomic E-state index is 0.313. The predicted molar refractivity (Wildman–Crippen MR) is 76.4 cm³/mol. The van der Waals surface area contributed by atoms with Gasteiger partial charge in [0.1, 0.15) is 0 Å². The summed E-state index contributed by atoms with van der Waals surface area (Å²) in [6.07, 6.45) is 4.53. The Kier molecular flexibility index (Phi) is 4.96. The van der Waals surface area contributed by atoms with E-state index in [2.05, 4.69) is 22.2 Å². The fourth-order valence-electron chi connectivity index (χ4n) is 2.44. The number of rotatable bonds is 6. The topological polar surface area (TPSA) is 73.1 Å². The van der Waals surface area contributed by atoms with Crippen LogP contribution in [-0.2, 0) is 0 Å². The van der Waals surface area contributed by atoms with Crippen LogP contribution in [0.3, 0.4) is 0 Å². The maximum atomic E-state index is 6.06. The quantitative estimate of drug-likeness (QED) is 0.823. The van der Waals surface area contributed by atoms with Crippen LogP contribution in [0.25, 0.3) is 0 Å². The van der Waals surface area contributed by atoms with Crippen LogP contribution in [0.1, 0.15) is 38.3 Å². The average Bonchev–Trinajstić information content (AvgIpc) is 2.79. The summed E-state index contributed by atoms with van der Waals surface area (Å²) in [6, 6.07) is 2.18. The molecule has 2 rings (SSSR count). The van der Waals surface area contributed by atoms with Gasteiger partial charge in [0, 0.05) is 24.3 Å². The number of aromatic nitrogens is 2. The lowest BCUT2D eigenvalue weighted by molar-refractivity contribution is 0.305. The molecule has 1 aromatic rings. The number of nitrogens with zero attached hydrogens (tertiary/aromatic N) is 2. The first-order valence-electron chi connectivity index (χ1n) is 7.17. The Morgan fingerprint density at radius 2 is 2.26 bits per heavy atom. The second kappa shape index (κ2) is 6.70. The number of hydrogen-bond acceptors (Lipinski definition) is 5. The number of hydrogen-bond donors (Lipinski definition) is 2. The molecule has 0 amide bonds. The van der Waals surface area contributed by atoms with Crippen molar-refractivity contribution in [2.24, 2.45) is 11.7 Å². The van der Waals surface area contributed by atoms with Gasteiger partial charge in [0.2, 0.25) is 11.8 Å². The smallest absolute Gasteiger partial charge is 0.226 e. The van der Waals surface area contributed by atoms with E-state index >= 15 is 0 Å².